The molecule has 0 aliphatic carbocycles. The Morgan fingerprint density at radius 1 is 1.15 bits per heavy atom. The summed E-state index contributed by atoms with van der Waals surface area (Å²) < 4.78 is 17.7. The number of halogens is 2. The van der Waals surface area contributed by atoms with Gasteiger partial charge in [-0.3, -0.25) is 0 Å². The third-order valence-corrected chi connectivity index (χ3v) is 4.90. The van der Waals surface area contributed by atoms with Crippen LogP contribution in [0.15, 0.2) is 56.6 Å². The van der Waals surface area contributed by atoms with Gasteiger partial charge in [0.15, 0.2) is 6.61 Å². The molecule has 0 spiro atoms. The van der Waals surface area contributed by atoms with Gasteiger partial charge in [0.2, 0.25) is 0 Å². The van der Waals surface area contributed by atoms with Crippen LogP contribution in [0.1, 0.15) is 11.5 Å². The first kappa shape index (κ1) is 19.1. The summed E-state index contributed by atoms with van der Waals surface area (Å²) in [6.45, 7) is 2.76. The summed E-state index contributed by atoms with van der Waals surface area (Å²) in [6.07, 6.45) is 0. The maximum Gasteiger partial charge on any atom is 0.276 e. The van der Waals surface area contributed by atoms with E-state index in [0.29, 0.717) is 28.5 Å². The van der Waals surface area contributed by atoms with Gasteiger partial charge in [0.25, 0.3) is 11.1 Å². The minimum Gasteiger partial charge on any atom is -0.492 e. The lowest BCUT2D eigenvalue weighted by atomic mass is 10.2. The molecular formula is C18H16BrClN2O3S. The van der Waals surface area contributed by atoms with E-state index >= 15 is 0 Å². The maximum absolute atomic E-state index is 5.91. The van der Waals surface area contributed by atoms with Crippen molar-refractivity contribution in [2.75, 3.05) is 12.4 Å². The third kappa shape index (κ3) is 5.65. The first-order valence-corrected chi connectivity index (χ1v) is 9.98. The van der Waals surface area contributed by atoms with Gasteiger partial charge >= 0.3 is 0 Å². The molecule has 0 saturated carbocycles. The lowest BCUT2D eigenvalue weighted by Gasteiger charge is -2.07. The summed E-state index contributed by atoms with van der Waals surface area (Å²) >= 11 is 10.8. The quantitative estimate of drug-likeness (QED) is 0.328. The van der Waals surface area contributed by atoms with E-state index in [-0.39, 0.29) is 6.61 Å². The Balaban J connectivity index is 1.42. The number of nitrogens with zero attached hydrogens (tertiary/aromatic N) is 2. The molecule has 26 heavy (non-hydrogen) atoms. The number of rotatable bonds is 8. The van der Waals surface area contributed by atoms with Gasteiger partial charge in [0.05, 0.1) is 11.1 Å². The molecule has 8 heteroatoms. The predicted molar refractivity (Wildman–Crippen MR) is 105 cm³/mol. The Morgan fingerprint density at radius 2 is 2.04 bits per heavy atom. The zero-order valence-electron chi connectivity index (χ0n) is 13.9. The van der Waals surface area contributed by atoms with E-state index in [0.717, 1.165) is 21.5 Å². The highest BCUT2D eigenvalue weighted by Crippen LogP contribution is 2.28. The van der Waals surface area contributed by atoms with Gasteiger partial charge in [-0.05, 0) is 58.7 Å². The van der Waals surface area contributed by atoms with Crippen LogP contribution in [0.4, 0.5) is 0 Å². The Kier molecular flexibility index (Phi) is 6.82. The van der Waals surface area contributed by atoms with Gasteiger partial charge in [0, 0.05) is 10.8 Å². The number of ether oxygens (including phenoxy) is 2. The van der Waals surface area contributed by atoms with Gasteiger partial charge in [0.1, 0.15) is 11.5 Å². The second-order valence-corrected chi connectivity index (χ2v) is 7.68. The Morgan fingerprint density at radius 3 is 2.85 bits per heavy atom. The summed E-state index contributed by atoms with van der Waals surface area (Å²) in [5.74, 6) is 2.64. The van der Waals surface area contributed by atoms with E-state index < -0.39 is 0 Å². The van der Waals surface area contributed by atoms with Gasteiger partial charge in [-0.15, -0.1) is 10.2 Å². The SMILES string of the molecule is Cc1cccc(OCc2nnc(SCCOc3ccc(Cl)cc3Br)o2)c1. The fraction of sp³-hybridized carbons (Fsp3) is 0.222. The number of hydrogen-bond donors (Lipinski definition) is 0. The van der Waals surface area contributed by atoms with E-state index in [9.17, 15) is 0 Å². The lowest BCUT2D eigenvalue weighted by molar-refractivity contribution is 0.252. The van der Waals surface area contributed by atoms with E-state index in [1.165, 1.54) is 11.8 Å². The smallest absolute Gasteiger partial charge is 0.276 e. The standard InChI is InChI=1S/C18H16BrClN2O3S/c1-12-3-2-4-14(9-12)24-11-17-21-22-18(25-17)26-8-7-23-16-6-5-13(20)10-15(16)19/h2-6,9-10H,7-8,11H2,1H3. The first-order chi connectivity index (χ1) is 12.6. The average molecular weight is 456 g/mol. The van der Waals surface area contributed by atoms with Crippen LogP contribution in [0, 0.1) is 6.92 Å². The Hall–Kier alpha value is -1.70. The normalized spacial score (nSPS) is 10.7. The molecule has 0 N–H and O–H groups in total. The van der Waals surface area contributed by atoms with Crippen LogP contribution in [-0.2, 0) is 6.61 Å². The fourth-order valence-electron chi connectivity index (χ4n) is 2.08. The third-order valence-electron chi connectivity index (χ3n) is 3.26. The molecule has 0 unspecified atom stereocenters. The maximum atomic E-state index is 5.91. The van der Waals surface area contributed by atoms with Gasteiger partial charge in [-0.25, -0.2) is 0 Å². The lowest BCUT2D eigenvalue weighted by Crippen LogP contribution is -2.00. The highest BCUT2D eigenvalue weighted by Gasteiger charge is 2.08. The number of benzene rings is 2. The van der Waals surface area contributed by atoms with Crippen LogP contribution in [-0.4, -0.2) is 22.6 Å². The van der Waals surface area contributed by atoms with Gasteiger partial charge < -0.3 is 13.9 Å². The second kappa shape index (κ2) is 9.30. The summed E-state index contributed by atoms with van der Waals surface area (Å²) in [7, 11) is 0. The first-order valence-electron chi connectivity index (χ1n) is 7.82. The fourth-order valence-corrected chi connectivity index (χ4v) is 3.47. The van der Waals surface area contributed by atoms with E-state index in [2.05, 4.69) is 26.1 Å². The molecule has 0 radical (unpaired) electrons. The molecule has 0 aliphatic heterocycles. The van der Waals surface area contributed by atoms with Crippen LogP contribution in [0.2, 0.25) is 5.02 Å². The van der Waals surface area contributed by atoms with Crippen molar-refractivity contribution in [1.82, 2.24) is 10.2 Å². The molecule has 0 bridgehead atoms. The van der Waals surface area contributed by atoms with Crippen molar-refractivity contribution in [3.05, 3.63) is 63.4 Å². The molecule has 0 amide bonds. The highest BCUT2D eigenvalue weighted by atomic mass is 79.9. The van der Waals surface area contributed by atoms with Crippen LogP contribution in [0.5, 0.6) is 11.5 Å². The summed E-state index contributed by atoms with van der Waals surface area (Å²) in [4.78, 5) is 0. The number of aromatic nitrogens is 2. The van der Waals surface area contributed by atoms with Crippen molar-refractivity contribution in [1.29, 1.82) is 0 Å². The minimum absolute atomic E-state index is 0.241. The van der Waals surface area contributed by atoms with Crippen molar-refractivity contribution in [2.45, 2.75) is 18.8 Å². The van der Waals surface area contributed by atoms with E-state index in [1.54, 1.807) is 12.1 Å². The van der Waals surface area contributed by atoms with Gasteiger partial charge in [-0.2, -0.15) is 0 Å². The predicted octanol–water partition coefficient (Wildman–Crippen LogP) is 5.54. The second-order valence-electron chi connectivity index (χ2n) is 5.34. The summed E-state index contributed by atoms with van der Waals surface area (Å²) in [5.41, 5.74) is 1.14. The van der Waals surface area contributed by atoms with E-state index in [1.807, 2.05) is 37.3 Å². The largest absolute Gasteiger partial charge is 0.492 e. The average Bonchev–Trinajstić information content (AvgIpc) is 3.06. The molecule has 0 fully saturated rings. The van der Waals surface area contributed by atoms with Crippen molar-refractivity contribution in [2.24, 2.45) is 0 Å². The van der Waals surface area contributed by atoms with Crippen LogP contribution in [0.3, 0.4) is 0 Å². The minimum atomic E-state index is 0.241. The summed E-state index contributed by atoms with van der Waals surface area (Å²) in [6, 6.07) is 13.2. The van der Waals surface area contributed by atoms with Gasteiger partial charge in [-0.1, -0.05) is 35.5 Å². The Labute approximate surface area is 169 Å². The molecule has 136 valence electrons. The molecule has 3 rings (SSSR count). The molecule has 0 atom stereocenters. The van der Waals surface area contributed by atoms with Crippen molar-refractivity contribution < 1.29 is 13.9 Å². The van der Waals surface area contributed by atoms with E-state index in [4.69, 9.17) is 25.5 Å². The van der Waals surface area contributed by atoms with Crippen LogP contribution >= 0.6 is 39.3 Å². The summed E-state index contributed by atoms with van der Waals surface area (Å²) in [5, 5.41) is 9.14. The number of hydrogen-bond acceptors (Lipinski definition) is 6. The van der Waals surface area contributed by atoms with Crippen LogP contribution < -0.4 is 9.47 Å². The molecule has 2 aromatic carbocycles. The topological polar surface area (TPSA) is 57.4 Å². The molecule has 1 heterocycles. The number of aryl methyl sites for hydroxylation is 1. The molecule has 0 aliphatic rings. The van der Waals surface area contributed by atoms with Crippen LogP contribution in [0.25, 0.3) is 0 Å². The zero-order chi connectivity index (χ0) is 18.4. The van der Waals surface area contributed by atoms with Crippen molar-refractivity contribution in [3.8, 4) is 11.5 Å². The molecule has 0 saturated heterocycles. The number of thioether (sulfide) groups is 1. The monoisotopic (exact) mass is 454 g/mol. The van der Waals surface area contributed by atoms with Crippen molar-refractivity contribution >= 4 is 39.3 Å². The molecular weight excluding hydrogens is 440 g/mol. The Bertz CT molecular complexity index is 875. The van der Waals surface area contributed by atoms with Crippen molar-refractivity contribution in [3.63, 3.8) is 0 Å². The molecule has 1 aromatic heterocycles. The molecule has 3 aromatic rings. The molecule has 5 nitrogen and oxygen atoms in total. The zero-order valence-corrected chi connectivity index (χ0v) is 17.1. The highest BCUT2D eigenvalue weighted by molar-refractivity contribution is 9.10.